The fourth-order valence-electron chi connectivity index (χ4n) is 1.81. The van der Waals surface area contributed by atoms with E-state index in [9.17, 15) is 14.7 Å². The molecule has 0 aliphatic heterocycles. The lowest BCUT2D eigenvalue weighted by atomic mass is 9.87. The van der Waals surface area contributed by atoms with Crippen molar-refractivity contribution in [1.29, 1.82) is 0 Å². The number of benzene rings is 1. The van der Waals surface area contributed by atoms with Gasteiger partial charge in [-0.05, 0) is 12.5 Å². The first kappa shape index (κ1) is 19.9. The van der Waals surface area contributed by atoms with E-state index in [1.54, 1.807) is 20.8 Å². The van der Waals surface area contributed by atoms with E-state index in [4.69, 9.17) is 9.84 Å². The van der Waals surface area contributed by atoms with Crippen LogP contribution in [0.4, 0.5) is 4.79 Å². The topological polar surface area (TPSA) is 108 Å². The van der Waals surface area contributed by atoms with Gasteiger partial charge in [-0.3, -0.25) is 4.79 Å². The van der Waals surface area contributed by atoms with Crippen molar-refractivity contribution in [3.05, 3.63) is 35.9 Å². The highest BCUT2D eigenvalue weighted by Gasteiger charge is 2.32. The molecule has 4 N–H and O–H groups in total. The maximum atomic E-state index is 11.8. The molecule has 0 aliphatic rings. The van der Waals surface area contributed by atoms with Gasteiger partial charge < -0.3 is 25.6 Å². The van der Waals surface area contributed by atoms with Crippen LogP contribution in [0.3, 0.4) is 0 Å². The fraction of sp³-hybridized carbons (Fsp3) is 0.529. The Morgan fingerprint density at radius 3 is 2.46 bits per heavy atom. The zero-order chi connectivity index (χ0) is 18.2. The molecule has 0 radical (unpaired) electrons. The van der Waals surface area contributed by atoms with E-state index in [0.717, 1.165) is 5.56 Å². The summed E-state index contributed by atoms with van der Waals surface area (Å²) in [6, 6.07) is 8.91. The molecule has 0 saturated heterocycles. The summed E-state index contributed by atoms with van der Waals surface area (Å²) in [5.74, 6) is -0.597. The summed E-state index contributed by atoms with van der Waals surface area (Å²) in [4.78, 5) is 23.5. The smallest absolute Gasteiger partial charge is 0.407 e. The highest BCUT2D eigenvalue weighted by molar-refractivity contribution is 5.81. The summed E-state index contributed by atoms with van der Waals surface area (Å²) >= 11 is 0. The Morgan fingerprint density at radius 1 is 1.25 bits per heavy atom. The number of ether oxygens (including phenoxy) is 1. The SMILES string of the molecule is C[C@H](CNC(=O)[C@@H](O)C(C)(C)CO)NC(=O)OCc1ccccc1. The number of carbonyl (C=O) groups is 2. The molecule has 2 atom stereocenters. The molecule has 0 spiro atoms. The molecule has 0 aliphatic carbocycles. The molecule has 134 valence electrons. The van der Waals surface area contributed by atoms with Crippen LogP contribution < -0.4 is 10.6 Å². The van der Waals surface area contributed by atoms with Gasteiger partial charge in [-0.15, -0.1) is 0 Å². The summed E-state index contributed by atoms with van der Waals surface area (Å²) in [5.41, 5.74) is -0.0574. The zero-order valence-electron chi connectivity index (χ0n) is 14.3. The monoisotopic (exact) mass is 338 g/mol. The van der Waals surface area contributed by atoms with E-state index in [0.29, 0.717) is 0 Å². The van der Waals surface area contributed by atoms with E-state index in [1.807, 2.05) is 30.3 Å². The lowest BCUT2D eigenvalue weighted by Gasteiger charge is -2.27. The highest BCUT2D eigenvalue weighted by atomic mass is 16.5. The van der Waals surface area contributed by atoms with E-state index < -0.39 is 23.5 Å². The van der Waals surface area contributed by atoms with Gasteiger partial charge in [-0.2, -0.15) is 0 Å². The van der Waals surface area contributed by atoms with Crippen LogP contribution in [0, 0.1) is 5.41 Å². The third-order valence-electron chi connectivity index (χ3n) is 3.56. The minimum absolute atomic E-state index is 0.137. The van der Waals surface area contributed by atoms with Crippen molar-refractivity contribution in [2.24, 2.45) is 5.41 Å². The minimum Gasteiger partial charge on any atom is -0.445 e. The maximum absolute atomic E-state index is 11.8. The fourth-order valence-corrected chi connectivity index (χ4v) is 1.81. The van der Waals surface area contributed by atoms with Crippen LogP contribution in [-0.2, 0) is 16.1 Å². The van der Waals surface area contributed by atoms with Crippen LogP contribution in [0.5, 0.6) is 0 Å². The summed E-state index contributed by atoms with van der Waals surface area (Å²) in [6.07, 6.45) is -1.92. The molecule has 1 rings (SSSR count). The van der Waals surface area contributed by atoms with Gasteiger partial charge in [-0.1, -0.05) is 44.2 Å². The second kappa shape index (κ2) is 9.24. The van der Waals surface area contributed by atoms with E-state index in [1.165, 1.54) is 0 Å². The van der Waals surface area contributed by atoms with Crippen molar-refractivity contribution in [3.63, 3.8) is 0 Å². The molecule has 0 aromatic heterocycles. The summed E-state index contributed by atoms with van der Waals surface area (Å²) in [5, 5.41) is 24.1. The molecule has 0 saturated carbocycles. The first-order valence-electron chi connectivity index (χ1n) is 7.80. The molecule has 0 fully saturated rings. The standard InChI is InChI=1S/C17H26N2O5/c1-12(9-18-15(22)14(21)17(2,3)11-20)19-16(23)24-10-13-7-5-4-6-8-13/h4-8,12,14,20-21H,9-11H2,1-3H3,(H,18,22)(H,19,23)/t12-,14-/m1/s1. The summed E-state index contributed by atoms with van der Waals surface area (Å²) < 4.78 is 5.08. The van der Waals surface area contributed by atoms with Crippen molar-refractivity contribution in [2.75, 3.05) is 13.2 Å². The number of rotatable bonds is 8. The van der Waals surface area contributed by atoms with Crippen LogP contribution in [0.15, 0.2) is 30.3 Å². The molecule has 24 heavy (non-hydrogen) atoms. The number of hydrogen-bond acceptors (Lipinski definition) is 5. The Kier molecular flexibility index (Phi) is 7.67. The Morgan fingerprint density at radius 2 is 1.88 bits per heavy atom. The molecular weight excluding hydrogens is 312 g/mol. The number of amides is 2. The van der Waals surface area contributed by atoms with Gasteiger partial charge in [0.05, 0.1) is 6.61 Å². The van der Waals surface area contributed by atoms with E-state index in [2.05, 4.69) is 10.6 Å². The normalized spacial score (nSPS) is 13.7. The predicted molar refractivity (Wildman–Crippen MR) is 89.1 cm³/mol. The van der Waals surface area contributed by atoms with Crippen LogP contribution >= 0.6 is 0 Å². The molecule has 0 bridgehead atoms. The summed E-state index contributed by atoms with van der Waals surface area (Å²) in [6.45, 7) is 4.85. The Balaban J connectivity index is 2.31. The number of hydrogen-bond donors (Lipinski definition) is 4. The average Bonchev–Trinajstić information content (AvgIpc) is 2.58. The third kappa shape index (κ3) is 6.55. The molecular formula is C17H26N2O5. The number of carbonyl (C=O) groups excluding carboxylic acids is 2. The Bertz CT molecular complexity index is 533. The van der Waals surface area contributed by atoms with E-state index in [-0.39, 0.29) is 25.8 Å². The van der Waals surface area contributed by atoms with Gasteiger partial charge in [0.2, 0.25) is 5.91 Å². The number of alkyl carbamates (subject to hydrolysis) is 1. The second-order valence-electron chi connectivity index (χ2n) is 6.40. The van der Waals surface area contributed by atoms with Gasteiger partial charge in [0.15, 0.2) is 0 Å². The first-order valence-corrected chi connectivity index (χ1v) is 7.80. The molecule has 1 aromatic rings. The van der Waals surface area contributed by atoms with Gasteiger partial charge in [0, 0.05) is 18.0 Å². The molecule has 7 nitrogen and oxygen atoms in total. The molecule has 0 unspecified atom stereocenters. The van der Waals surface area contributed by atoms with Crippen molar-refractivity contribution in [3.8, 4) is 0 Å². The van der Waals surface area contributed by atoms with Crippen LogP contribution in [-0.4, -0.2) is 47.5 Å². The van der Waals surface area contributed by atoms with Gasteiger partial charge in [0.25, 0.3) is 0 Å². The maximum Gasteiger partial charge on any atom is 0.407 e. The highest BCUT2D eigenvalue weighted by Crippen LogP contribution is 2.19. The van der Waals surface area contributed by atoms with Crippen LogP contribution in [0.25, 0.3) is 0 Å². The quantitative estimate of drug-likeness (QED) is 0.561. The average molecular weight is 338 g/mol. The Hall–Kier alpha value is -2.12. The van der Waals surface area contributed by atoms with Crippen molar-refractivity contribution in [1.82, 2.24) is 10.6 Å². The molecule has 7 heteroatoms. The number of aliphatic hydroxyl groups is 2. The van der Waals surface area contributed by atoms with E-state index >= 15 is 0 Å². The van der Waals surface area contributed by atoms with Crippen molar-refractivity contribution < 1.29 is 24.5 Å². The zero-order valence-corrected chi connectivity index (χ0v) is 14.3. The summed E-state index contributed by atoms with van der Waals surface area (Å²) in [7, 11) is 0. The van der Waals surface area contributed by atoms with Crippen LogP contribution in [0.2, 0.25) is 0 Å². The number of aliphatic hydroxyl groups excluding tert-OH is 2. The van der Waals surface area contributed by atoms with Gasteiger partial charge >= 0.3 is 6.09 Å². The lowest BCUT2D eigenvalue weighted by Crippen LogP contribution is -2.49. The molecule has 1 aromatic carbocycles. The molecule has 2 amide bonds. The number of nitrogens with one attached hydrogen (secondary N) is 2. The van der Waals surface area contributed by atoms with Gasteiger partial charge in [0.1, 0.15) is 12.7 Å². The van der Waals surface area contributed by atoms with Crippen molar-refractivity contribution >= 4 is 12.0 Å². The first-order chi connectivity index (χ1) is 11.3. The second-order valence-corrected chi connectivity index (χ2v) is 6.40. The lowest BCUT2D eigenvalue weighted by molar-refractivity contribution is -0.137. The largest absolute Gasteiger partial charge is 0.445 e. The molecule has 0 heterocycles. The Labute approximate surface area is 142 Å². The third-order valence-corrected chi connectivity index (χ3v) is 3.56. The van der Waals surface area contributed by atoms with Crippen molar-refractivity contribution in [2.45, 2.75) is 39.5 Å². The predicted octanol–water partition coefficient (Wildman–Crippen LogP) is 0.797. The minimum atomic E-state index is -1.33. The van der Waals surface area contributed by atoms with Gasteiger partial charge in [-0.25, -0.2) is 4.79 Å². The van der Waals surface area contributed by atoms with Crippen LogP contribution in [0.1, 0.15) is 26.3 Å².